The molecule has 1 saturated heterocycles. The standard InChI is InChI=1S/C19H18F2N2O2/c20-14-5-3-4-13(12-14)19(25)23-10-8-15(9-11-23)22-18(24)16-6-1-2-7-17(16)21/h1-7,12,15H,8-11H2,(H,22,24). The van der Waals surface area contributed by atoms with E-state index in [2.05, 4.69) is 5.32 Å². The maximum atomic E-state index is 13.6. The molecule has 1 fully saturated rings. The summed E-state index contributed by atoms with van der Waals surface area (Å²) in [6, 6.07) is 11.3. The normalized spacial score (nSPS) is 15.0. The highest BCUT2D eigenvalue weighted by Crippen LogP contribution is 2.16. The monoisotopic (exact) mass is 344 g/mol. The van der Waals surface area contributed by atoms with Crippen molar-refractivity contribution < 1.29 is 18.4 Å². The Bertz CT molecular complexity index is 786. The van der Waals surface area contributed by atoms with Gasteiger partial charge >= 0.3 is 0 Å². The molecule has 2 amide bonds. The van der Waals surface area contributed by atoms with Gasteiger partial charge in [0, 0.05) is 24.7 Å². The molecular weight excluding hydrogens is 326 g/mol. The Morgan fingerprint density at radius 3 is 2.40 bits per heavy atom. The second-order valence-electron chi connectivity index (χ2n) is 6.03. The molecule has 0 spiro atoms. The molecule has 0 saturated carbocycles. The van der Waals surface area contributed by atoms with Crippen molar-refractivity contribution in [2.75, 3.05) is 13.1 Å². The summed E-state index contributed by atoms with van der Waals surface area (Å²) in [7, 11) is 0. The third-order valence-electron chi connectivity index (χ3n) is 4.31. The molecule has 0 atom stereocenters. The molecule has 25 heavy (non-hydrogen) atoms. The predicted molar refractivity (Wildman–Crippen MR) is 89.2 cm³/mol. The summed E-state index contributed by atoms with van der Waals surface area (Å²) in [5, 5.41) is 2.81. The largest absolute Gasteiger partial charge is 0.349 e. The van der Waals surface area contributed by atoms with Gasteiger partial charge in [0.15, 0.2) is 0 Å². The van der Waals surface area contributed by atoms with Gasteiger partial charge in [0.05, 0.1) is 5.56 Å². The van der Waals surface area contributed by atoms with Gasteiger partial charge in [0.25, 0.3) is 11.8 Å². The molecule has 3 rings (SSSR count). The highest BCUT2D eigenvalue weighted by molar-refractivity contribution is 5.95. The van der Waals surface area contributed by atoms with Crippen LogP contribution in [-0.4, -0.2) is 35.8 Å². The van der Waals surface area contributed by atoms with Gasteiger partial charge < -0.3 is 10.2 Å². The van der Waals surface area contributed by atoms with E-state index >= 15 is 0 Å². The van der Waals surface area contributed by atoms with Crippen molar-refractivity contribution in [1.82, 2.24) is 10.2 Å². The Hall–Kier alpha value is -2.76. The van der Waals surface area contributed by atoms with Crippen LogP contribution in [-0.2, 0) is 0 Å². The molecule has 1 heterocycles. The zero-order valence-corrected chi connectivity index (χ0v) is 13.5. The molecule has 0 bridgehead atoms. The van der Waals surface area contributed by atoms with Crippen LogP contribution in [0.25, 0.3) is 0 Å². The van der Waals surface area contributed by atoms with E-state index in [9.17, 15) is 18.4 Å². The molecule has 2 aromatic carbocycles. The van der Waals surface area contributed by atoms with Gasteiger partial charge in [-0.05, 0) is 43.2 Å². The van der Waals surface area contributed by atoms with E-state index in [1.165, 1.54) is 36.4 Å². The number of rotatable bonds is 3. The van der Waals surface area contributed by atoms with Crippen LogP contribution in [0.15, 0.2) is 48.5 Å². The topological polar surface area (TPSA) is 49.4 Å². The number of halogens is 2. The van der Waals surface area contributed by atoms with Crippen molar-refractivity contribution in [3.8, 4) is 0 Å². The zero-order valence-electron chi connectivity index (χ0n) is 13.5. The summed E-state index contributed by atoms with van der Waals surface area (Å²) in [5.74, 6) is -1.68. The number of hydrogen-bond acceptors (Lipinski definition) is 2. The number of likely N-dealkylation sites (tertiary alicyclic amines) is 1. The van der Waals surface area contributed by atoms with Crippen LogP contribution in [0.1, 0.15) is 33.6 Å². The Morgan fingerprint density at radius 1 is 1.00 bits per heavy atom. The van der Waals surface area contributed by atoms with Crippen molar-refractivity contribution in [1.29, 1.82) is 0 Å². The molecule has 1 aliphatic heterocycles. The van der Waals surface area contributed by atoms with Gasteiger partial charge in [-0.1, -0.05) is 18.2 Å². The third kappa shape index (κ3) is 4.02. The van der Waals surface area contributed by atoms with Gasteiger partial charge in [-0.15, -0.1) is 0 Å². The quantitative estimate of drug-likeness (QED) is 0.931. The molecule has 2 aromatic rings. The highest BCUT2D eigenvalue weighted by atomic mass is 19.1. The smallest absolute Gasteiger partial charge is 0.254 e. The highest BCUT2D eigenvalue weighted by Gasteiger charge is 2.25. The Labute approximate surface area is 144 Å². The van der Waals surface area contributed by atoms with Crippen molar-refractivity contribution in [2.24, 2.45) is 0 Å². The average Bonchev–Trinajstić information content (AvgIpc) is 2.62. The van der Waals surface area contributed by atoms with Crippen LogP contribution < -0.4 is 5.32 Å². The first-order valence-corrected chi connectivity index (χ1v) is 8.15. The Kier molecular flexibility index (Phi) is 5.07. The van der Waals surface area contributed by atoms with Crippen LogP contribution in [0.3, 0.4) is 0 Å². The molecule has 6 heteroatoms. The summed E-state index contributed by atoms with van der Waals surface area (Å²) in [6.45, 7) is 0.912. The van der Waals surface area contributed by atoms with Gasteiger partial charge in [0.1, 0.15) is 11.6 Å². The average molecular weight is 344 g/mol. The molecule has 1 aliphatic rings. The maximum Gasteiger partial charge on any atom is 0.254 e. The van der Waals surface area contributed by atoms with E-state index in [0.717, 1.165) is 0 Å². The summed E-state index contributed by atoms with van der Waals surface area (Å²) in [4.78, 5) is 26.1. The summed E-state index contributed by atoms with van der Waals surface area (Å²) in [5.41, 5.74) is 0.328. The molecule has 0 unspecified atom stereocenters. The first kappa shape index (κ1) is 17.1. The number of nitrogens with zero attached hydrogens (tertiary/aromatic N) is 1. The minimum atomic E-state index is -0.557. The number of carbonyl (C=O) groups is 2. The van der Waals surface area contributed by atoms with Gasteiger partial charge in [-0.3, -0.25) is 9.59 Å². The summed E-state index contributed by atoms with van der Waals surface area (Å²) < 4.78 is 26.9. The number of amides is 2. The lowest BCUT2D eigenvalue weighted by atomic mass is 10.0. The van der Waals surface area contributed by atoms with Crippen LogP contribution in [0, 0.1) is 11.6 Å². The fraction of sp³-hybridized carbons (Fsp3) is 0.263. The maximum absolute atomic E-state index is 13.6. The van der Waals surface area contributed by atoms with Crippen molar-refractivity contribution in [2.45, 2.75) is 18.9 Å². The summed E-state index contributed by atoms with van der Waals surface area (Å²) >= 11 is 0. The van der Waals surface area contributed by atoms with Gasteiger partial charge in [-0.2, -0.15) is 0 Å². The lowest BCUT2D eigenvalue weighted by Crippen LogP contribution is -2.46. The van der Waals surface area contributed by atoms with Crippen LogP contribution >= 0.6 is 0 Å². The first-order chi connectivity index (χ1) is 12.0. The fourth-order valence-corrected chi connectivity index (χ4v) is 2.94. The number of carbonyl (C=O) groups excluding carboxylic acids is 2. The third-order valence-corrected chi connectivity index (χ3v) is 4.31. The molecule has 130 valence electrons. The van der Waals surface area contributed by atoms with Crippen LogP contribution in [0.5, 0.6) is 0 Å². The van der Waals surface area contributed by atoms with E-state index < -0.39 is 17.5 Å². The number of hydrogen-bond donors (Lipinski definition) is 1. The van der Waals surface area contributed by atoms with E-state index in [-0.39, 0.29) is 17.5 Å². The number of nitrogens with one attached hydrogen (secondary N) is 1. The number of piperidine rings is 1. The second-order valence-corrected chi connectivity index (χ2v) is 6.03. The first-order valence-electron chi connectivity index (χ1n) is 8.15. The minimum Gasteiger partial charge on any atom is -0.349 e. The molecule has 0 aromatic heterocycles. The second kappa shape index (κ2) is 7.42. The lowest BCUT2D eigenvalue weighted by Gasteiger charge is -2.32. The molecule has 0 aliphatic carbocycles. The SMILES string of the molecule is O=C(NC1CCN(C(=O)c2cccc(F)c2)CC1)c1ccccc1F. The van der Waals surface area contributed by atoms with E-state index in [1.54, 1.807) is 17.0 Å². The fourth-order valence-electron chi connectivity index (χ4n) is 2.94. The number of benzene rings is 2. The lowest BCUT2D eigenvalue weighted by molar-refractivity contribution is 0.0697. The van der Waals surface area contributed by atoms with Crippen molar-refractivity contribution >= 4 is 11.8 Å². The Morgan fingerprint density at radius 2 is 1.72 bits per heavy atom. The Balaban J connectivity index is 1.56. The van der Waals surface area contributed by atoms with Gasteiger partial charge in [0.2, 0.25) is 0 Å². The molecule has 0 radical (unpaired) electrons. The summed E-state index contributed by atoms with van der Waals surface area (Å²) in [6.07, 6.45) is 1.14. The van der Waals surface area contributed by atoms with E-state index in [1.807, 2.05) is 0 Å². The van der Waals surface area contributed by atoms with Crippen molar-refractivity contribution in [3.63, 3.8) is 0 Å². The molecule has 1 N–H and O–H groups in total. The molecule has 4 nitrogen and oxygen atoms in total. The van der Waals surface area contributed by atoms with Crippen molar-refractivity contribution in [3.05, 3.63) is 71.3 Å². The van der Waals surface area contributed by atoms with Crippen LogP contribution in [0.4, 0.5) is 8.78 Å². The van der Waals surface area contributed by atoms with Crippen LogP contribution in [0.2, 0.25) is 0 Å². The zero-order chi connectivity index (χ0) is 17.8. The predicted octanol–water partition coefficient (Wildman–Crippen LogP) is 3.00. The van der Waals surface area contributed by atoms with E-state index in [0.29, 0.717) is 31.5 Å². The van der Waals surface area contributed by atoms with Gasteiger partial charge in [-0.25, -0.2) is 8.78 Å². The molecular formula is C19H18F2N2O2. The minimum absolute atomic E-state index is 0.0146. The van der Waals surface area contributed by atoms with E-state index in [4.69, 9.17) is 0 Å².